The number of carboxylic acid groups (broad SMARTS) is 1. The van der Waals surface area contributed by atoms with Crippen molar-refractivity contribution >= 4 is 18.0 Å². The smallest absolute Gasteiger partial charge is 0.407 e. The highest BCUT2D eigenvalue weighted by Gasteiger charge is 2.47. The number of likely N-dealkylation sites (tertiary alicyclic amines) is 1. The first-order valence-electron chi connectivity index (χ1n) is 11.7. The standard InChI is InChI=1S/C26H28N2O7/c1-26(35-13-22(29)30)14-28(15-26)24(31)23-21(10-11-33-23)27-25(32)34-12-20-18-8-4-2-6-16(18)17-7-3-5-9-19(17)20/h2-9,20-21,23H,10-15H2,1H3,(H,27,32)(H,29,30). The Hall–Kier alpha value is -3.43. The maximum atomic E-state index is 12.9. The summed E-state index contributed by atoms with van der Waals surface area (Å²) in [4.78, 5) is 37.9. The van der Waals surface area contributed by atoms with E-state index in [2.05, 4.69) is 29.6 Å². The molecule has 2 N–H and O–H groups in total. The van der Waals surface area contributed by atoms with E-state index in [0.29, 0.717) is 13.0 Å². The second-order valence-electron chi connectivity index (χ2n) is 9.48. The molecule has 0 aromatic heterocycles. The number of aliphatic carboxylic acids is 1. The van der Waals surface area contributed by atoms with Gasteiger partial charge in [0, 0.05) is 12.5 Å². The Morgan fingerprint density at radius 1 is 1.09 bits per heavy atom. The van der Waals surface area contributed by atoms with Crippen molar-refractivity contribution in [1.82, 2.24) is 10.2 Å². The second kappa shape index (κ2) is 9.31. The zero-order valence-electron chi connectivity index (χ0n) is 19.4. The average molecular weight is 481 g/mol. The SMILES string of the molecule is CC1(OCC(=O)O)CN(C(=O)C2OCCC2NC(=O)OCC2c3ccccc3-c3ccccc32)C1. The molecule has 2 heterocycles. The molecular weight excluding hydrogens is 452 g/mol. The Kier molecular flexibility index (Phi) is 6.21. The minimum atomic E-state index is -1.05. The van der Waals surface area contributed by atoms with Crippen molar-refractivity contribution in [2.24, 2.45) is 0 Å². The number of hydrogen-bond donors (Lipinski definition) is 2. The topological polar surface area (TPSA) is 114 Å². The van der Waals surface area contributed by atoms with Gasteiger partial charge in [0.25, 0.3) is 5.91 Å². The van der Waals surface area contributed by atoms with Gasteiger partial charge >= 0.3 is 12.1 Å². The molecule has 2 aromatic carbocycles. The van der Waals surface area contributed by atoms with Gasteiger partial charge in [-0.3, -0.25) is 4.79 Å². The third-order valence-electron chi connectivity index (χ3n) is 6.89. The second-order valence-corrected chi connectivity index (χ2v) is 9.48. The van der Waals surface area contributed by atoms with Crippen LogP contribution in [0.5, 0.6) is 0 Å². The normalized spacial score (nSPS) is 22.1. The molecule has 0 radical (unpaired) electrons. The molecule has 2 amide bonds. The number of ether oxygens (including phenoxy) is 3. The zero-order valence-corrected chi connectivity index (χ0v) is 19.4. The van der Waals surface area contributed by atoms with Gasteiger partial charge in [-0.05, 0) is 35.6 Å². The van der Waals surface area contributed by atoms with Gasteiger partial charge in [0.15, 0.2) is 6.10 Å². The van der Waals surface area contributed by atoms with Crippen LogP contribution in [0.3, 0.4) is 0 Å². The Balaban J connectivity index is 1.16. The van der Waals surface area contributed by atoms with Crippen LogP contribution in [-0.2, 0) is 23.8 Å². The predicted octanol–water partition coefficient (Wildman–Crippen LogP) is 2.38. The summed E-state index contributed by atoms with van der Waals surface area (Å²) in [5.41, 5.74) is 3.87. The molecule has 1 aliphatic carbocycles. The van der Waals surface area contributed by atoms with E-state index < -0.39 is 36.4 Å². The third kappa shape index (κ3) is 4.61. The van der Waals surface area contributed by atoms with Crippen LogP contribution < -0.4 is 5.32 Å². The first-order chi connectivity index (χ1) is 16.8. The summed E-state index contributed by atoms with van der Waals surface area (Å²) in [5, 5.41) is 11.6. The van der Waals surface area contributed by atoms with Crippen molar-refractivity contribution < 1.29 is 33.7 Å². The van der Waals surface area contributed by atoms with Gasteiger partial charge in [-0.2, -0.15) is 0 Å². The highest BCUT2D eigenvalue weighted by molar-refractivity contribution is 5.84. The van der Waals surface area contributed by atoms with E-state index in [9.17, 15) is 14.4 Å². The van der Waals surface area contributed by atoms with Crippen molar-refractivity contribution in [2.75, 3.05) is 32.9 Å². The van der Waals surface area contributed by atoms with Crippen LogP contribution in [0, 0.1) is 0 Å². The number of hydrogen-bond acceptors (Lipinski definition) is 6. The Labute approximate surface area is 203 Å². The quantitative estimate of drug-likeness (QED) is 0.625. The number of carbonyl (C=O) groups is 3. The fourth-order valence-corrected chi connectivity index (χ4v) is 5.20. The Morgan fingerprint density at radius 3 is 2.34 bits per heavy atom. The van der Waals surface area contributed by atoms with E-state index in [1.807, 2.05) is 24.3 Å². The molecule has 0 spiro atoms. The molecule has 2 atom stereocenters. The van der Waals surface area contributed by atoms with E-state index in [1.54, 1.807) is 11.8 Å². The molecule has 0 bridgehead atoms. The molecule has 35 heavy (non-hydrogen) atoms. The number of nitrogens with zero attached hydrogens (tertiary/aromatic N) is 1. The number of carbonyl (C=O) groups excluding carboxylic acids is 2. The van der Waals surface area contributed by atoms with Crippen LogP contribution >= 0.6 is 0 Å². The number of carboxylic acids is 1. The Bertz CT molecular complexity index is 1100. The van der Waals surface area contributed by atoms with Crippen LogP contribution in [0.1, 0.15) is 30.4 Å². The lowest BCUT2D eigenvalue weighted by Gasteiger charge is -2.48. The fourth-order valence-electron chi connectivity index (χ4n) is 5.20. The van der Waals surface area contributed by atoms with Gasteiger partial charge in [0.1, 0.15) is 18.8 Å². The van der Waals surface area contributed by atoms with Crippen molar-refractivity contribution in [3.8, 4) is 11.1 Å². The molecule has 2 saturated heterocycles. The Morgan fingerprint density at radius 2 is 1.71 bits per heavy atom. The summed E-state index contributed by atoms with van der Waals surface area (Å²) in [6.45, 7) is 2.45. The van der Waals surface area contributed by atoms with E-state index in [1.165, 1.54) is 0 Å². The zero-order chi connectivity index (χ0) is 24.6. The van der Waals surface area contributed by atoms with E-state index >= 15 is 0 Å². The highest BCUT2D eigenvalue weighted by Crippen LogP contribution is 2.44. The predicted molar refractivity (Wildman–Crippen MR) is 125 cm³/mol. The third-order valence-corrected chi connectivity index (χ3v) is 6.89. The van der Waals surface area contributed by atoms with Crippen LogP contribution in [0.2, 0.25) is 0 Å². The molecule has 184 valence electrons. The first kappa shape index (κ1) is 23.3. The molecule has 2 fully saturated rings. The molecule has 3 aliphatic rings. The van der Waals surface area contributed by atoms with Crippen LogP contribution in [0.4, 0.5) is 4.79 Å². The minimum absolute atomic E-state index is 0.0463. The monoisotopic (exact) mass is 480 g/mol. The summed E-state index contributed by atoms with van der Waals surface area (Å²) < 4.78 is 16.6. The lowest BCUT2D eigenvalue weighted by molar-refractivity contribution is -0.178. The minimum Gasteiger partial charge on any atom is -0.480 e. The van der Waals surface area contributed by atoms with Gasteiger partial charge in [-0.15, -0.1) is 0 Å². The summed E-state index contributed by atoms with van der Waals surface area (Å²) in [7, 11) is 0. The van der Waals surface area contributed by atoms with E-state index in [-0.39, 0.29) is 31.5 Å². The molecule has 9 nitrogen and oxygen atoms in total. The van der Waals surface area contributed by atoms with Gasteiger partial charge in [0.2, 0.25) is 0 Å². The van der Waals surface area contributed by atoms with Crippen LogP contribution in [0.15, 0.2) is 48.5 Å². The summed E-state index contributed by atoms with van der Waals surface area (Å²) in [6, 6.07) is 15.7. The van der Waals surface area contributed by atoms with Crippen LogP contribution in [-0.4, -0.2) is 78.6 Å². The highest BCUT2D eigenvalue weighted by atomic mass is 16.6. The lowest BCUT2D eigenvalue weighted by atomic mass is 9.94. The molecule has 5 rings (SSSR count). The number of benzene rings is 2. The summed E-state index contributed by atoms with van der Waals surface area (Å²) in [6.07, 6.45) is -0.890. The van der Waals surface area contributed by atoms with E-state index in [4.69, 9.17) is 19.3 Å². The number of nitrogens with one attached hydrogen (secondary N) is 1. The van der Waals surface area contributed by atoms with Gasteiger partial charge in [0.05, 0.1) is 19.1 Å². The van der Waals surface area contributed by atoms with Crippen molar-refractivity contribution in [2.45, 2.75) is 37.0 Å². The van der Waals surface area contributed by atoms with Crippen molar-refractivity contribution in [3.05, 3.63) is 59.7 Å². The average Bonchev–Trinajstić information content (AvgIpc) is 3.41. The fraction of sp³-hybridized carbons (Fsp3) is 0.423. The maximum Gasteiger partial charge on any atom is 0.407 e. The summed E-state index contributed by atoms with van der Waals surface area (Å²) >= 11 is 0. The molecular formula is C26H28N2O7. The molecule has 9 heteroatoms. The number of rotatable bonds is 7. The number of amides is 2. The molecule has 2 aromatic rings. The maximum absolute atomic E-state index is 12.9. The first-order valence-corrected chi connectivity index (χ1v) is 11.7. The summed E-state index contributed by atoms with van der Waals surface area (Å²) in [5.74, 6) is -1.35. The van der Waals surface area contributed by atoms with Gasteiger partial charge in [-0.25, -0.2) is 9.59 Å². The molecule has 0 saturated carbocycles. The molecule has 2 aliphatic heterocycles. The van der Waals surface area contributed by atoms with Gasteiger partial charge in [-0.1, -0.05) is 48.5 Å². The van der Waals surface area contributed by atoms with Crippen molar-refractivity contribution in [1.29, 1.82) is 0 Å². The number of fused-ring (bicyclic) bond motifs is 3. The van der Waals surface area contributed by atoms with Crippen molar-refractivity contribution in [3.63, 3.8) is 0 Å². The van der Waals surface area contributed by atoms with Crippen LogP contribution in [0.25, 0.3) is 11.1 Å². The number of alkyl carbamates (subject to hydrolysis) is 1. The molecule has 2 unspecified atom stereocenters. The van der Waals surface area contributed by atoms with Gasteiger partial charge < -0.3 is 29.5 Å². The lowest BCUT2D eigenvalue weighted by Crippen LogP contribution is -2.66. The van der Waals surface area contributed by atoms with E-state index in [0.717, 1.165) is 22.3 Å². The largest absolute Gasteiger partial charge is 0.480 e.